The quantitative estimate of drug-likeness (QED) is 0.860. The van der Waals surface area contributed by atoms with Crippen molar-refractivity contribution in [1.82, 2.24) is 9.80 Å². The zero-order chi connectivity index (χ0) is 18.4. The Balaban J connectivity index is 1.46. The molecule has 0 spiro atoms. The van der Waals surface area contributed by atoms with Crippen molar-refractivity contribution in [3.8, 4) is 0 Å². The van der Waals surface area contributed by atoms with Crippen LogP contribution >= 0.6 is 11.6 Å². The van der Waals surface area contributed by atoms with Crippen molar-refractivity contribution in [2.24, 2.45) is 0 Å². The summed E-state index contributed by atoms with van der Waals surface area (Å²) in [5.74, 6) is 0. The van der Waals surface area contributed by atoms with Crippen molar-refractivity contribution in [3.63, 3.8) is 0 Å². The topological polar surface area (TPSA) is 35.6 Å². The first kappa shape index (κ1) is 18.5. The zero-order valence-electron chi connectivity index (χ0n) is 15.0. The van der Waals surface area contributed by atoms with Gasteiger partial charge in [0.2, 0.25) is 0 Å². The minimum absolute atomic E-state index is 0.0603. The Morgan fingerprint density at radius 3 is 2.54 bits per heavy atom. The highest BCUT2D eigenvalue weighted by molar-refractivity contribution is 6.31. The number of amides is 2. The first-order valence-corrected chi connectivity index (χ1v) is 9.26. The number of nitrogens with zero attached hydrogens (tertiary/aromatic N) is 2. The van der Waals surface area contributed by atoms with Gasteiger partial charge in [-0.1, -0.05) is 60.2 Å². The first-order valence-electron chi connectivity index (χ1n) is 8.88. The second kappa shape index (κ2) is 8.88. The number of hydrogen-bond acceptors (Lipinski definition) is 2. The summed E-state index contributed by atoms with van der Waals surface area (Å²) >= 11 is 6.12. The molecule has 4 nitrogen and oxygen atoms in total. The third kappa shape index (κ3) is 4.87. The molecule has 0 radical (unpaired) electrons. The van der Waals surface area contributed by atoms with E-state index >= 15 is 0 Å². The lowest BCUT2D eigenvalue weighted by molar-refractivity contribution is 0.156. The predicted molar refractivity (Wildman–Crippen MR) is 109 cm³/mol. The minimum Gasteiger partial charge on any atom is -0.322 e. The molecule has 3 rings (SSSR count). The van der Waals surface area contributed by atoms with E-state index in [1.807, 2.05) is 48.2 Å². The van der Waals surface area contributed by atoms with Gasteiger partial charge in [-0.15, -0.1) is 0 Å². The largest absolute Gasteiger partial charge is 0.322 e. The Kier molecular flexibility index (Phi) is 6.31. The molecular formula is C21H24ClN3O. The number of nitrogens with one attached hydrogen (secondary N) is 1. The number of carbonyl (C=O) groups excluding carboxylic acids is 1. The summed E-state index contributed by atoms with van der Waals surface area (Å²) in [5.41, 5.74) is 2.88. The number of rotatable bonds is 4. The molecule has 5 heteroatoms. The smallest absolute Gasteiger partial charge is 0.321 e. The lowest BCUT2D eigenvalue weighted by Gasteiger charge is -2.34. The SMILES string of the molecule is Cc1c(Cl)cccc1NC(=O)N1CCN(C/C=C/c2ccccc2)CC1. The summed E-state index contributed by atoms with van der Waals surface area (Å²) in [6.45, 7) is 6.02. The normalized spacial score (nSPS) is 15.4. The number of hydrogen-bond donors (Lipinski definition) is 1. The fraction of sp³-hybridized carbons (Fsp3) is 0.286. The van der Waals surface area contributed by atoms with Crippen LogP contribution in [0, 0.1) is 6.92 Å². The minimum atomic E-state index is -0.0603. The summed E-state index contributed by atoms with van der Waals surface area (Å²) in [4.78, 5) is 16.7. The number of anilines is 1. The summed E-state index contributed by atoms with van der Waals surface area (Å²) < 4.78 is 0. The standard InChI is InChI=1S/C21H24ClN3O/c1-17-19(22)10-5-11-20(17)23-21(26)25-15-13-24(14-16-25)12-6-9-18-7-3-2-4-8-18/h2-11H,12-16H2,1H3,(H,23,26)/b9-6+. The van der Waals surface area contributed by atoms with Crippen LogP contribution in [0.25, 0.3) is 6.08 Å². The fourth-order valence-electron chi connectivity index (χ4n) is 2.97. The van der Waals surface area contributed by atoms with E-state index in [2.05, 4.69) is 34.5 Å². The predicted octanol–water partition coefficient (Wildman–Crippen LogP) is 4.51. The Morgan fingerprint density at radius 2 is 1.81 bits per heavy atom. The van der Waals surface area contributed by atoms with Gasteiger partial charge in [0.15, 0.2) is 0 Å². The zero-order valence-corrected chi connectivity index (χ0v) is 15.7. The molecule has 2 amide bonds. The maximum atomic E-state index is 12.5. The first-order chi connectivity index (χ1) is 12.6. The fourth-order valence-corrected chi connectivity index (χ4v) is 3.15. The van der Waals surface area contributed by atoms with Crippen molar-refractivity contribution in [1.29, 1.82) is 0 Å². The third-order valence-electron chi connectivity index (χ3n) is 4.64. The highest BCUT2D eigenvalue weighted by Gasteiger charge is 2.20. The van der Waals surface area contributed by atoms with E-state index in [9.17, 15) is 4.79 Å². The molecule has 136 valence electrons. The van der Waals surface area contributed by atoms with Crippen LogP contribution < -0.4 is 5.32 Å². The van der Waals surface area contributed by atoms with Crippen LogP contribution in [-0.4, -0.2) is 48.6 Å². The van der Waals surface area contributed by atoms with Gasteiger partial charge in [-0.05, 0) is 30.2 Å². The molecule has 1 heterocycles. The van der Waals surface area contributed by atoms with Crippen molar-refractivity contribution in [3.05, 3.63) is 70.8 Å². The molecule has 1 saturated heterocycles. The summed E-state index contributed by atoms with van der Waals surface area (Å²) in [6.07, 6.45) is 4.32. The van der Waals surface area contributed by atoms with Crippen LogP contribution in [0.1, 0.15) is 11.1 Å². The Bertz CT molecular complexity index is 768. The molecule has 0 aliphatic carbocycles. The van der Waals surface area contributed by atoms with Gasteiger partial charge < -0.3 is 10.2 Å². The summed E-state index contributed by atoms with van der Waals surface area (Å²) in [7, 11) is 0. The van der Waals surface area contributed by atoms with Crippen LogP contribution in [0.4, 0.5) is 10.5 Å². The number of halogens is 1. The van der Waals surface area contributed by atoms with E-state index < -0.39 is 0 Å². The molecule has 0 atom stereocenters. The van der Waals surface area contributed by atoms with E-state index in [-0.39, 0.29) is 6.03 Å². The molecule has 2 aromatic rings. The van der Waals surface area contributed by atoms with E-state index in [0.29, 0.717) is 5.02 Å². The average molecular weight is 370 g/mol. The van der Waals surface area contributed by atoms with E-state index in [0.717, 1.165) is 44.0 Å². The van der Waals surface area contributed by atoms with Gasteiger partial charge >= 0.3 is 6.03 Å². The van der Waals surface area contributed by atoms with Crippen LogP contribution in [0.15, 0.2) is 54.6 Å². The number of urea groups is 1. The van der Waals surface area contributed by atoms with Crippen LogP contribution in [-0.2, 0) is 0 Å². The molecule has 26 heavy (non-hydrogen) atoms. The molecule has 0 unspecified atom stereocenters. The summed E-state index contributed by atoms with van der Waals surface area (Å²) in [6, 6.07) is 15.8. The van der Waals surface area contributed by atoms with Gasteiger partial charge in [-0.25, -0.2) is 4.79 Å². The van der Waals surface area contributed by atoms with E-state index in [1.54, 1.807) is 0 Å². The van der Waals surface area contributed by atoms with Crippen molar-refractivity contribution in [2.45, 2.75) is 6.92 Å². The van der Waals surface area contributed by atoms with Crippen LogP contribution in [0.5, 0.6) is 0 Å². The van der Waals surface area contributed by atoms with Crippen LogP contribution in [0.2, 0.25) is 5.02 Å². The summed E-state index contributed by atoms with van der Waals surface area (Å²) in [5, 5.41) is 3.63. The molecule has 2 aromatic carbocycles. The number of carbonyl (C=O) groups is 1. The molecule has 1 N–H and O–H groups in total. The van der Waals surface area contributed by atoms with Gasteiger partial charge in [0.1, 0.15) is 0 Å². The lowest BCUT2D eigenvalue weighted by atomic mass is 10.2. The van der Waals surface area contributed by atoms with E-state index in [4.69, 9.17) is 11.6 Å². The highest BCUT2D eigenvalue weighted by atomic mass is 35.5. The highest BCUT2D eigenvalue weighted by Crippen LogP contribution is 2.23. The maximum Gasteiger partial charge on any atom is 0.321 e. The lowest BCUT2D eigenvalue weighted by Crippen LogP contribution is -2.50. The van der Waals surface area contributed by atoms with Gasteiger partial charge in [0.25, 0.3) is 0 Å². The van der Waals surface area contributed by atoms with E-state index in [1.165, 1.54) is 5.56 Å². The number of benzene rings is 2. The molecule has 1 aliphatic rings. The Labute approximate surface area is 160 Å². The average Bonchev–Trinajstić information content (AvgIpc) is 2.67. The van der Waals surface area contributed by atoms with Gasteiger partial charge in [-0.2, -0.15) is 0 Å². The third-order valence-corrected chi connectivity index (χ3v) is 5.05. The van der Waals surface area contributed by atoms with Crippen molar-refractivity contribution < 1.29 is 4.79 Å². The second-order valence-electron chi connectivity index (χ2n) is 6.44. The molecule has 1 fully saturated rings. The van der Waals surface area contributed by atoms with Gasteiger partial charge in [-0.3, -0.25) is 4.90 Å². The van der Waals surface area contributed by atoms with Gasteiger partial charge in [0, 0.05) is 43.4 Å². The molecular weight excluding hydrogens is 346 g/mol. The number of piperazine rings is 1. The monoisotopic (exact) mass is 369 g/mol. The maximum absolute atomic E-state index is 12.5. The second-order valence-corrected chi connectivity index (χ2v) is 6.85. The Morgan fingerprint density at radius 1 is 1.08 bits per heavy atom. The molecule has 0 aromatic heterocycles. The Hall–Kier alpha value is -2.30. The molecule has 0 saturated carbocycles. The van der Waals surface area contributed by atoms with Gasteiger partial charge in [0.05, 0.1) is 0 Å². The molecule has 1 aliphatic heterocycles. The molecule has 0 bridgehead atoms. The van der Waals surface area contributed by atoms with Crippen LogP contribution in [0.3, 0.4) is 0 Å². The van der Waals surface area contributed by atoms with Crippen molar-refractivity contribution >= 4 is 29.4 Å². The van der Waals surface area contributed by atoms with Crippen molar-refractivity contribution in [2.75, 3.05) is 38.0 Å².